The van der Waals surface area contributed by atoms with Crippen molar-refractivity contribution < 1.29 is 23.8 Å². The van der Waals surface area contributed by atoms with Crippen LogP contribution >= 0.6 is 11.6 Å². The highest BCUT2D eigenvalue weighted by Gasteiger charge is 2.36. The summed E-state index contributed by atoms with van der Waals surface area (Å²) in [7, 11) is 0. The van der Waals surface area contributed by atoms with Crippen LogP contribution in [0.25, 0.3) is 11.3 Å². The number of nitrogens with one attached hydrogen (secondary N) is 2. The number of likely N-dealkylation sites (tertiary alicyclic amines) is 1. The van der Waals surface area contributed by atoms with Crippen LogP contribution in [0, 0.1) is 0 Å². The number of nitrogens with two attached hydrogens (primary N) is 1. The molecule has 2 amide bonds. The maximum atomic E-state index is 13.5. The van der Waals surface area contributed by atoms with E-state index in [1.807, 2.05) is 0 Å². The van der Waals surface area contributed by atoms with Crippen molar-refractivity contribution in [2.24, 2.45) is 0 Å². The van der Waals surface area contributed by atoms with E-state index < -0.39 is 24.4 Å². The summed E-state index contributed by atoms with van der Waals surface area (Å²) in [4.78, 5) is 31.3. The van der Waals surface area contributed by atoms with E-state index >= 15 is 0 Å². The van der Waals surface area contributed by atoms with Crippen LogP contribution in [0.2, 0.25) is 5.02 Å². The second-order valence-corrected chi connectivity index (χ2v) is 11.0. The van der Waals surface area contributed by atoms with Crippen molar-refractivity contribution in [2.45, 2.75) is 58.5 Å². The molecule has 40 heavy (non-hydrogen) atoms. The molecule has 0 radical (unpaired) electrons. The van der Waals surface area contributed by atoms with Crippen LogP contribution in [0.3, 0.4) is 0 Å². The number of nitrogens with zero attached hydrogens (tertiary/aromatic N) is 2. The first kappa shape index (κ1) is 28.9. The summed E-state index contributed by atoms with van der Waals surface area (Å²) in [6, 6.07) is 12.5. The van der Waals surface area contributed by atoms with E-state index in [0.717, 1.165) is 0 Å². The van der Waals surface area contributed by atoms with E-state index in [9.17, 15) is 19.1 Å². The van der Waals surface area contributed by atoms with Gasteiger partial charge in [-0.2, -0.15) is 0 Å². The number of amides is 2. The van der Waals surface area contributed by atoms with E-state index in [1.54, 1.807) is 63.2 Å². The molecule has 0 saturated carbocycles. The molecular weight excluding hydrogens is 537 g/mol. The molecule has 1 aliphatic heterocycles. The molecule has 1 aliphatic rings. The summed E-state index contributed by atoms with van der Waals surface area (Å²) in [6.07, 6.45) is 0.744. The lowest BCUT2D eigenvalue weighted by molar-refractivity contribution is -0.125. The minimum atomic E-state index is -0.691. The molecule has 11 heteroatoms. The highest BCUT2D eigenvalue weighted by Crippen LogP contribution is 2.34. The Morgan fingerprint density at radius 2 is 1.95 bits per heavy atom. The molecular formula is C29H33ClFN5O4. The third kappa shape index (κ3) is 6.93. The van der Waals surface area contributed by atoms with Crippen LogP contribution < -0.4 is 16.4 Å². The zero-order valence-electron chi connectivity index (χ0n) is 22.6. The largest absolute Gasteiger partial charge is 0.507 e. The molecule has 1 atom stereocenters. The SMILES string of the molecule is CC(C)(C)OC(=O)N1CCC[C@H]1C(=O)NCc1ccc(-c2cc(Nc3ccc(Cl)cc3CF)ccc2O)nc1N. The number of aromatic nitrogens is 1. The quantitative estimate of drug-likeness (QED) is 0.260. The van der Waals surface area contributed by atoms with E-state index in [2.05, 4.69) is 15.6 Å². The van der Waals surface area contributed by atoms with Gasteiger partial charge >= 0.3 is 6.09 Å². The van der Waals surface area contributed by atoms with Gasteiger partial charge in [-0.3, -0.25) is 9.69 Å². The predicted molar refractivity (Wildman–Crippen MR) is 153 cm³/mol. The lowest BCUT2D eigenvalue weighted by Gasteiger charge is -2.28. The molecule has 2 heterocycles. The molecule has 0 unspecified atom stereocenters. The smallest absolute Gasteiger partial charge is 0.410 e. The highest BCUT2D eigenvalue weighted by atomic mass is 35.5. The number of ether oxygens (including phenoxy) is 1. The molecule has 1 fully saturated rings. The van der Waals surface area contributed by atoms with Crippen molar-refractivity contribution in [2.75, 3.05) is 17.6 Å². The summed E-state index contributed by atoms with van der Waals surface area (Å²) in [5.74, 6) is -0.120. The Morgan fingerprint density at radius 1 is 1.18 bits per heavy atom. The van der Waals surface area contributed by atoms with Crippen molar-refractivity contribution in [3.05, 3.63) is 64.7 Å². The van der Waals surface area contributed by atoms with Crippen molar-refractivity contribution in [1.29, 1.82) is 0 Å². The number of nitrogen functional groups attached to an aromatic ring is 1. The van der Waals surface area contributed by atoms with E-state index in [-0.39, 0.29) is 24.0 Å². The number of phenols is 1. The van der Waals surface area contributed by atoms with Gasteiger partial charge in [-0.25, -0.2) is 14.2 Å². The minimum Gasteiger partial charge on any atom is -0.507 e. The van der Waals surface area contributed by atoms with E-state index in [4.69, 9.17) is 22.1 Å². The fourth-order valence-electron chi connectivity index (χ4n) is 4.45. The van der Waals surface area contributed by atoms with Crippen LogP contribution in [0.4, 0.5) is 26.4 Å². The molecule has 1 saturated heterocycles. The van der Waals surface area contributed by atoms with Crippen LogP contribution in [-0.4, -0.2) is 45.2 Å². The van der Waals surface area contributed by atoms with Crippen LogP contribution in [-0.2, 0) is 22.8 Å². The van der Waals surface area contributed by atoms with Gasteiger partial charge in [0.25, 0.3) is 0 Å². The lowest BCUT2D eigenvalue weighted by Crippen LogP contribution is -2.47. The highest BCUT2D eigenvalue weighted by molar-refractivity contribution is 6.30. The maximum absolute atomic E-state index is 13.5. The molecule has 2 aromatic carbocycles. The monoisotopic (exact) mass is 569 g/mol. The Hall–Kier alpha value is -4.05. The van der Waals surface area contributed by atoms with Gasteiger partial charge in [0.2, 0.25) is 5.91 Å². The number of benzene rings is 2. The Labute approximate surface area is 237 Å². The number of hydrogen-bond acceptors (Lipinski definition) is 7. The summed E-state index contributed by atoms with van der Waals surface area (Å²) in [6.45, 7) is 5.23. The fourth-order valence-corrected chi connectivity index (χ4v) is 4.65. The van der Waals surface area contributed by atoms with Gasteiger partial charge in [0, 0.05) is 46.2 Å². The standard InChI is InChI=1S/C29H33ClFN5O4/c1-29(2,3)40-28(39)36-12-4-5-24(36)27(38)33-16-17-6-9-23(35-26(17)32)21-14-20(8-11-25(21)37)34-22-10-7-19(30)13-18(22)15-31/h6-11,13-14,24,34,37H,4-5,12,15-16H2,1-3H3,(H2,32,35)(H,33,38)/t24-/m0/s1. The molecule has 3 aromatic rings. The maximum Gasteiger partial charge on any atom is 0.410 e. The van der Waals surface area contributed by atoms with Crippen molar-refractivity contribution in [3.8, 4) is 17.0 Å². The average molecular weight is 570 g/mol. The third-order valence-corrected chi connectivity index (χ3v) is 6.65. The normalized spacial score (nSPS) is 15.1. The number of pyridine rings is 1. The zero-order chi connectivity index (χ0) is 29.0. The summed E-state index contributed by atoms with van der Waals surface area (Å²) >= 11 is 5.97. The number of halogens is 2. The number of rotatable bonds is 7. The molecule has 1 aromatic heterocycles. The molecule has 0 bridgehead atoms. The number of alkyl halides is 1. The Morgan fingerprint density at radius 3 is 2.65 bits per heavy atom. The van der Waals surface area contributed by atoms with Gasteiger partial charge in [-0.05, 0) is 76.1 Å². The Balaban J connectivity index is 1.45. The number of anilines is 3. The topological polar surface area (TPSA) is 130 Å². The summed E-state index contributed by atoms with van der Waals surface area (Å²) in [5.41, 5.74) is 8.54. The van der Waals surface area contributed by atoms with Gasteiger partial charge < -0.3 is 26.2 Å². The lowest BCUT2D eigenvalue weighted by atomic mass is 10.1. The third-order valence-electron chi connectivity index (χ3n) is 6.41. The minimum absolute atomic E-state index is 0.0104. The number of phenolic OH excluding ortho intramolecular Hbond substituents is 1. The second-order valence-electron chi connectivity index (χ2n) is 10.6. The van der Waals surface area contributed by atoms with Crippen LogP contribution in [0.15, 0.2) is 48.5 Å². The molecule has 9 nitrogen and oxygen atoms in total. The number of hydrogen-bond donors (Lipinski definition) is 4. The second kappa shape index (κ2) is 12.0. The number of carbonyl (C=O) groups excluding carboxylic acids is 2. The van der Waals surface area contributed by atoms with E-state index in [1.165, 1.54) is 11.0 Å². The molecule has 0 aliphatic carbocycles. The molecule has 0 spiro atoms. The summed E-state index contributed by atoms with van der Waals surface area (Å²) < 4.78 is 18.9. The Bertz CT molecular complexity index is 1410. The van der Waals surface area contributed by atoms with Crippen molar-refractivity contribution in [1.82, 2.24) is 15.2 Å². The van der Waals surface area contributed by atoms with Gasteiger partial charge in [0.05, 0.1) is 5.69 Å². The van der Waals surface area contributed by atoms with Gasteiger partial charge in [0.1, 0.15) is 29.9 Å². The average Bonchev–Trinajstić information content (AvgIpc) is 3.39. The Kier molecular flexibility index (Phi) is 8.68. The number of carbonyl (C=O) groups is 2. The van der Waals surface area contributed by atoms with Crippen molar-refractivity contribution >= 4 is 40.8 Å². The molecule has 4 rings (SSSR count). The molecule has 212 valence electrons. The number of aromatic hydroxyl groups is 1. The van der Waals surface area contributed by atoms with Gasteiger partial charge in [-0.1, -0.05) is 17.7 Å². The summed E-state index contributed by atoms with van der Waals surface area (Å²) in [5, 5.41) is 16.9. The van der Waals surface area contributed by atoms with Crippen molar-refractivity contribution in [3.63, 3.8) is 0 Å². The van der Waals surface area contributed by atoms with Gasteiger partial charge in [-0.15, -0.1) is 0 Å². The fraction of sp³-hybridized carbons (Fsp3) is 0.345. The van der Waals surface area contributed by atoms with Gasteiger partial charge in [0.15, 0.2) is 0 Å². The molecule has 5 N–H and O–H groups in total. The predicted octanol–water partition coefficient (Wildman–Crippen LogP) is 5.92. The first-order valence-electron chi connectivity index (χ1n) is 12.9. The van der Waals surface area contributed by atoms with Crippen LogP contribution in [0.1, 0.15) is 44.7 Å². The van der Waals surface area contributed by atoms with Crippen LogP contribution in [0.5, 0.6) is 5.75 Å². The van der Waals surface area contributed by atoms with E-state index in [0.29, 0.717) is 58.2 Å². The zero-order valence-corrected chi connectivity index (χ0v) is 23.4. The first-order valence-corrected chi connectivity index (χ1v) is 13.3. The first-order chi connectivity index (χ1) is 18.9.